The highest BCUT2D eigenvalue weighted by Crippen LogP contribution is 2.15. The molecule has 0 aromatic rings. The minimum Gasteiger partial charge on any atom is -0.392 e. The standard InChI is InChI=1S/C56H105N11O14/c1-17-37(7)58-23-48(73)64(39(9)19-3)33-51(76)59(24-43(13)68)29-49(74)62(27-46(16)71)32-54(79)67(42(12)22-6)36-56(81)65(40(10)20-4)34-52(77)60(25-44(14)69)30-50(75)61(26-45(15)70)31-53(78)66(41(11)21-5)35-55(80)63(28-47(57)72)38(8)18-2/h37-46,58,68-71H,17-36H2,1-16H3,(H2,57,72)/t37-,38-,39-,40-,41-,42-,43-,44-,45+,46+/m1/s1. The smallest absolute Gasteiger partial charge is 0.242 e. The number of aliphatic hydroxyl groups is 4. The van der Waals surface area contributed by atoms with E-state index >= 15 is 0 Å². The molecule has 10 amide bonds. The van der Waals surface area contributed by atoms with Crippen LogP contribution in [0.3, 0.4) is 0 Å². The Bertz CT molecular complexity index is 2010. The largest absolute Gasteiger partial charge is 0.392 e. The molecule has 0 unspecified atom stereocenters. The Kier molecular flexibility index (Phi) is 35.7. The van der Waals surface area contributed by atoms with Crippen LogP contribution in [0.25, 0.3) is 0 Å². The summed E-state index contributed by atoms with van der Waals surface area (Å²) in [6.45, 7) is 21.0. The Morgan fingerprint density at radius 1 is 0.321 bits per heavy atom. The van der Waals surface area contributed by atoms with E-state index in [2.05, 4.69) is 5.32 Å². The number of hydrogen-bond donors (Lipinski definition) is 6. The van der Waals surface area contributed by atoms with Gasteiger partial charge in [-0.1, -0.05) is 41.5 Å². The van der Waals surface area contributed by atoms with Crippen molar-refractivity contribution in [3.63, 3.8) is 0 Å². The van der Waals surface area contributed by atoms with Gasteiger partial charge in [-0.3, -0.25) is 47.9 Å². The van der Waals surface area contributed by atoms with Crippen molar-refractivity contribution in [2.75, 3.05) is 91.6 Å². The number of carbonyl (C=O) groups is 10. The van der Waals surface area contributed by atoms with Crippen molar-refractivity contribution in [3.8, 4) is 0 Å². The predicted molar refractivity (Wildman–Crippen MR) is 307 cm³/mol. The van der Waals surface area contributed by atoms with E-state index in [0.29, 0.717) is 32.1 Å². The number of carbonyl (C=O) groups excluding carboxylic acids is 10. The number of primary amides is 1. The first-order valence-corrected chi connectivity index (χ1v) is 29.1. The summed E-state index contributed by atoms with van der Waals surface area (Å²) >= 11 is 0. The number of nitrogens with one attached hydrogen (secondary N) is 1. The van der Waals surface area contributed by atoms with Crippen molar-refractivity contribution >= 4 is 59.1 Å². The molecule has 0 aliphatic carbocycles. The van der Waals surface area contributed by atoms with Gasteiger partial charge in [0.1, 0.15) is 26.2 Å². The Labute approximate surface area is 482 Å². The van der Waals surface area contributed by atoms with E-state index in [1.54, 1.807) is 55.4 Å². The number of hydrogen-bond acceptors (Lipinski definition) is 15. The molecule has 0 saturated heterocycles. The first-order valence-electron chi connectivity index (χ1n) is 29.1. The fraction of sp³-hybridized carbons (Fsp3) is 0.821. The molecule has 25 heteroatoms. The molecule has 0 aliphatic rings. The van der Waals surface area contributed by atoms with E-state index in [-0.39, 0.29) is 69.8 Å². The van der Waals surface area contributed by atoms with E-state index in [9.17, 15) is 68.4 Å². The van der Waals surface area contributed by atoms with Crippen molar-refractivity contribution in [1.29, 1.82) is 0 Å². The topological polar surface area (TPSA) is 319 Å². The molecule has 25 nitrogen and oxygen atoms in total. The number of nitrogens with two attached hydrogens (primary N) is 1. The third kappa shape index (κ3) is 27.4. The van der Waals surface area contributed by atoms with Crippen LogP contribution in [0.15, 0.2) is 0 Å². The average Bonchev–Trinajstić information content (AvgIpc) is 3.39. The Balaban J connectivity index is 6.88. The van der Waals surface area contributed by atoms with E-state index in [1.165, 1.54) is 52.2 Å². The zero-order valence-electron chi connectivity index (χ0n) is 51.9. The van der Waals surface area contributed by atoms with Crippen molar-refractivity contribution in [1.82, 2.24) is 49.4 Å². The van der Waals surface area contributed by atoms with Crippen LogP contribution in [0.5, 0.6) is 0 Å². The quantitative estimate of drug-likeness (QED) is 0.0464. The highest BCUT2D eigenvalue weighted by Gasteiger charge is 2.35. The minimum absolute atomic E-state index is 0.0168. The zero-order chi connectivity index (χ0) is 62.6. The second kappa shape index (κ2) is 38.3. The van der Waals surface area contributed by atoms with Crippen LogP contribution in [0.2, 0.25) is 0 Å². The van der Waals surface area contributed by atoms with Gasteiger partial charge in [-0.25, -0.2) is 0 Å². The van der Waals surface area contributed by atoms with Crippen LogP contribution in [-0.4, -0.2) is 276 Å². The van der Waals surface area contributed by atoms with Gasteiger partial charge in [0.25, 0.3) is 0 Å². The fourth-order valence-electron chi connectivity index (χ4n) is 8.52. The third-order valence-electron chi connectivity index (χ3n) is 14.6. The molecule has 0 radical (unpaired) electrons. The number of rotatable bonds is 40. The Morgan fingerprint density at radius 3 is 0.765 bits per heavy atom. The molecule has 0 saturated carbocycles. The lowest BCUT2D eigenvalue weighted by Crippen LogP contribution is -2.56. The Morgan fingerprint density at radius 2 is 0.531 bits per heavy atom. The lowest BCUT2D eigenvalue weighted by atomic mass is 10.1. The lowest BCUT2D eigenvalue weighted by molar-refractivity contribution is -0.152. The van der Waals surface area contributed by atoms with Gasteiger partial charge in [0.05, 0.1) is 63.7 Å². The van der Waals surface area contributed by atoms with Gasteiger partial charge in [-0.05, 0) is 108 Å². The molecule has 81 heavy (non-hydrogen) atoms. The molecule has 0 fully saturated rings. The molecule has 0 aromatic carbocycles. The number of nitrogens with zero attached hydrogens (tertiary/aromatic N) is 9. The summed E-state index contributed by atoms with van der Waals surface area (Å²) in [4.78, 5) is 149. The Hall–Kier alpha value is -5.50. The second-order valence-electron chi connectivity index (χ2n) is 22.0. The molecule has 7 N–H and O–H groups in total. The maximum Gasteiger partial charge on any atom is 0.242 e. The monoisotopic (exact) mass is 1160 g/mol. The molecule has 0 aliphatic heterocycles. The first-order chi connectivity index (χ1) is 37.7. The first kappa shape index (κ1) is 75.5. The summed E-state index contributed by atoms with van der Waals surface area (Å²) in [5, 5.41) is 45.2. The molecule has 0 spiro atoms. The van der Waals surface area contributed by atoms with Gasteiger partial charge in [0.15, 0.2) is 0 Å². The summed E-state index contributed by atoms with van der Waals surface area (Å²) in [5.74, 6) is -6.53. The van der Waals surface area contributed by atoms with Gasteiger partial charge >= 0.3 is 0 Å². The summed E-state index contributed by atoms with van der Waals surface area (Å²) in [7, 11) is 0. The zero-order valence-corrected chi connectivity index (χ0v) is 51.9. The molecule has 0 aromatic heterocycles. The molecule has 468 valence electrons. The molecule has 0 rings (SSSR count). The highest BCUT2D eigenvalue weighted by molar-refractivity contribution is 5.94. The van der Waals surface area contributed by atoms with E-state index in [4.69, 9.17) is 5.73 Å². The number of amides is 10. The van der Waals surface area contributed by atoms with E-state index < -0.39 is 142 Å². The van der Waals surface area contributed by atoms with Gasteiger partial charge in [-0.15, -0.1) is 0 Å². The number of aliphatic hydroxyl groups excluding tert-OH is 4. The molecule has 0 heterocycles. The maximum atomic E-state index is 14.5. The van der Waals surface area contributed by atoms with Crippen LogP contribution in [0, 0.1) is 0 Å². The van der Waals surface area contributed by atoms with Crippen molar-refractivity contribution in [3.05, 3.63) is 0 Å². The molecule has 0 bridgehead atoms. The van der Waals surface area contributed by atoms with Gasteiger partial charge in [0, 0.05) is 62.4 Å². The molecular formula is C56H105N11O14. The van der Waals surface area contributed by atoms with Crippen LogP contribution in [-0.2, 0) is 47.9 Å². The summed E-state index contributed by atoms with van der Waals surface area (Å²) in [6, 6.07) is -2.37. The summed E-state index contributed by atoms with van der Waals surface area (Å²) in [6.07, 6.45) is -1.60. The average molecular weight is 1160 g/mol. The predicted octanol–water partition coefficient (Wildman–Crippen LogP) is -0.167. The third-order valence-corrected chi connectivity index (χ3v) is 14.6. The maximum absolute atomic E-state index is 14.5. The van der Waals surface area contributed by atoms with Gasteiger partial charge < -0.3 is 75.6 Å². The van der Waals surface area contributed by atoms with Gasteiger partial charge in [0.2, 0.25) is 59.1 Å². The minimum atomic E-state index is -1.17. The van der Waals surface area contributed by atoms with Crippen LogP contribution < -0.4 is 11.1 Å². The van der Waals surface area contributed by atoms with Crippen molar-refractivity contribution in [2.24, 2.45) is 5.73 Å². The molecular weight excluding hydrogens is 1050 g/mol. The summed E-state index contributed by atoms with van der Waals surface area (Å²) < 4.78 is 0. The SMILES string of the molecule is CC[C@@H](C)NCC(=O)N(CC(=O)N(CC(=O)N(CC(=O)N(CC(=O)N(CC(=O)N(CC(=O)N(CC(=O)N(CC(=O)N(CC(N)=O)[C@H](C)CC)[C@H](C)CC)C[C@H](C)O)C[C@@H](C)O)[C@H](C)CC)[C@H](C)CC)C[C@H](C)O)C[C@@H](C)O)[C@H](C)CC. The highest BCUT2D eigenvalue weighted by atomic mass is 16.3. The van der Waals surface area contributed by atoms with Crippen molar-refractivity contribution in [2.45, 2.75) is 210 Å². The lowest BCUT2D eigenvalue weighted by Gasteiger charge is -2.36. The summed E-state index contributed by atoms with van der Waals surface area (Å²) in [5.41, 5.74) is 5.44. The van der Waals surface area contributed by atoms with E-state index in [1.807, 2.05) is 27.7 Å². The molecule has 10 atom stereocenters. The second-order valence-corrected chi connectivity index (χ2v) is 22.0. The van der Waals surface area contributed by atoms with Gasteiger partial charge in [-0.2, -0.15) is 0 Å². The van der Waals surface area contributed by atoms with Crippen LogP contribution in [0.1, 0.15) is 149 Å². The fourth-order valence-corrected chi connectivity index (χ4v) is 8.52. The van der Waals surface area contributed by atoms with Crippen molar-refractivity contribution < 1.29 is 68.4 Å². The normalized spacial score (nSPS) is 15.0. The van der Waals surface area contributed by atoms with Crippen LogP contribution >= 0.6 is 0 Å². The van der Waals surface area contributed by atoms with Crippen LogP contribution in [0.4, 0.5) is 0 Å². The van der Waals surface area contributed by atoms with E-state index in [0.717, 1.165) is 26.0 Å².